The molecule has 5 rings (SSSR count). The van der Waals surface area contributed by atoms with Crippen molar-refractivity contribution in [3.63, 3.8) is 0 Å². The van der Waals surface area contributed by atoms with Gasteiger partial charge in [0.05, 0.1) is 0 Å². The number of fused-ring (bicyclic) bond motifs is 2. The monoisotopic (exact) mass is 255 g/mol. The molecule has 0 aromatic heterocycles. The van der Waals surface area contributed by atoms with Crippen LogP contribution in [0.3, 0.4) is 0 Å². The van der Waals surface area contributed by atoms with Gasteiger partial charge in [-0.15, -0.1) is 0 Å². The zero-order chi connectivity index (χ0) is 13.4. The van der Waals surface area contributed by atoms with E-state index in [1.807, 2.05) is 0 Å². The highest BCUT2D eigenvalue weighted by Gasteiger charge is 2.61. The largest absolute Gasteiger partial charge is 0.296 e. The van der Waals surface area contributed by atoms with Crippen LogP contribution in [0.1, 0.15) is 50.7 Å². The van der Waals surface area contributed by atoms with Gasteiger partial charge in [0, 0.05) is 11.1 Å². The van der Waals surface area contributed by atoms with Gasteiger partial charge in [-0.3, -0.25) is 4.90 Å². The molecule has 102 valence electrons. The summed E-state index contributed by atoms with van der Waals surface area (Å²) >= 11 is 0. The smallest absolute Gasteiger partial charge is 0.0192 e. The van der Waals surface area contributed by atoms with Gasteiger partial charge in [-0.05, 0) is 76.0 Å². The Labute approximate surface area is 117 Å². The van der Waals surface area contributed by atoms with Gasteiger partial charge < -0.3 is 0 Å². The molecular weight excluding hydrogens is 230 g/mol. The van der Waals surface area contributed by atoms with Crippen LogP contribution < -0.4 is 0 Å². The third-order valence-electron chi connectivity index (χ3n) is 6.73. The molecule has 2 saturated heterocycles. The van der Waals surface area contributed by atoms with Gasteiger partial charge in [-0.2, -0.15) is 0 Å². The van der Waals surface area contributed by atoms with Gasteiger partial charge in [-0.25, -0.2) is 0 Å². The number of hydrogen-bond donors (Lipinski definition) is 0. The summed E-state index contributed by atoms with van der Waals surface area (Å²) < 4.78 is 0. The molecule has 2 aliphatic heterocycles. The number of benzene rings is 1. The molecule has 4 atom stereocenters. The van der Waals surface area contributed by atoms with Crippen LogP contribution in [0, 0.1) is 11.8 Å². The maximum Gasteiger partial charge on any atom is 0.0192 e. The summed E-state index contributed by atoms with van der Waals surface area (Å²) in [5.74, 6) is 2.53. The third kappa shape index (κ3) is 1.35. The van der Waals surface area contributed by atoms with E-state index in [-0.39, 0.29) is 0 Å². The topological polar surface area (TPSA) is 3.24 Å². The molecule has 3 fully saturated rings. The number of hydrogen-bond acceptors (Lipinski definition) is 1. The third-order valence-corrected chi connectivity index (χ3v) is 6.73. The predicted molar refractivity (Wildman–Crippen MR) is 79.3 cm³/mol. The normalized spacial score (nSPS) is 43.1. The van der Waals surface area contributed by atoms with Crippen molar-refractivity contribution in [2.45, 2.75) is 57.0 Å². The van der Waals surface area contributed by atoms with Crippen molar-refractivity contribution in [2.24, 2.45) is 11.8 Å². The van der Waals surface area contributed by atoms with E-state index in [0.29, 0.717) is 11.1 Å². The van der Waals surface area contributed by atoms with E-state index < -0.39 is 0 Å². The zero-order valence-electron chi connectivity index (χ0n) is 12.6. The van der Waals surface area contributed by atoms with E-state index in [0.717, 1.165) is 17.8 Å². The summed E-state index contributed by atoms with van der Waals surface area (Å²) in [6, 6.07) is 9.22. The minimum absolute atomic E-state index is 0.341. The van der Waals surface area contributed by atoms with Gasteiger partial charge in [-0.1, -0.05) is 24.3 Å². The van der Waals surface area contributed by atoms with Crippen molar-refractivity contribution in [3.8, 4) is 0 Å². The van der Waals surface area contributed by atoms with Crippen molar-refractivity contribution in [1.29, 1.82) is 0 Å². The molecule has 4 unspecified atom stereocenters. The lowest BCUT2D eigenvalue weighted by atomic mass is 9.48. The molecule has 0 radical (unpaired) electrons. The molecule has 4 aliphatic rings. The number of rotatable bonds is 0. The van der Waals surface area contributed by atoms with Crippen LogP contribution in [0.4, 0.5) is 0 Å². The first-order valence-electron chi connectivity index (χ1n) is 7.75. The van der Waals surface area contributed by atoms with E-state index in [1.165, 1.54) is 19.3 Å². The van der Waals surface area contributed by atoms with Gasteiger partial charge in [0.25, 0.3) is 0 Å². The summed E-state index contributed by atoms with van der Waals surface area (Å²) in [6.45, 7) is 7.45. The first kappa shape index (κ1) is 12.0. The van der Waals surface area contributed by atoms with Crippen molar-refractivity contribution in [1.82, 2.24) is 4.90 Å². The minimum atomic E-state index is 0.341. The fraction of sp³-hybridized carbons (Fsp3) is 0.667. The van der Waals surface area contributed by atoms with Crippen molar-refractivity contribution in [2.75, 3.05) is 7.05 Å². The molecule has 0 amide bonds. The SMILES string of the molecule is CN1C2(C)CC3Cc4ccccc4C(C2)C3C1(C)C. The highest BCUT2D eigenvalue weighted by Crippen LogP contribution is 2.62. The molecule has 0 N–H and O–H groups in total. The van der Waals surface area contributed by atoms with Crippen LogP contribution in [0.25, 0.3) is 0 Å². The standard InChI is InChI=1S/C18H25N/c1-17(2)16-13-9-12-7-5-6-8-14(12)15(16)11-18(3,10-13)19(17)4/h5-8,13,15-16H,9-11H2,1-4H3. The molecule has 1 heteroatoms. The fourth-order valence-corrected chi connectivity index (χ4v) is 5.83. The molecule has 19 heavy (non-hydrogen) atoms. The van der Waals surface area contributed by atoms with Crippen LogP contribution in [0.2, 0.25) is 0 Å². The summed E-state index contributed by atoms with van der Waals surface area (Å²) in [5, 5.41) is 0. The number of piperidine rings is 2. The first-order valence-corrected chi connectivity index (χ1v) is 7.75. The van der Waals surface area contributed by atoms with E-state index in [2.05, 4.69) is 57.0 Å². The minimum Gasteiger partial charge on any atom is -0.296 e. The molecular formula is C18H25N. The Hall–Kier alpha value is -0.820. The van der Waals surface area contributed by atoms with E-state index in [9.17, 15) is 0 Å². The van der Waals surface area contributed by atoms with E-state index in [1.54, 1.807) is 11.1 Å². The Kier molecular flexibility index (Phi) is 2.16. The van der Waals surface area contributed by atoms with Crippen LogP contribution in [0.15, 0.2) is 24.3 Å². The summed E-state index contributed by atoms with van der Waals surface area (Å²) in [7, 11) is 2.35. The lowest BCUT2D eigenvalue weighted by Gasteiger charge is -2.68. The first-order chi connectivity index (χ1) is 8.93. The Balaban J connectivity index is 1.89. The highest BCUT2D eigenvalue weighted by atomic mass is 15.3. The van der Waals surface area contributed by atoms with Crippen molar-refractivity contribution in [3.05, 3.63) is 35.4 Å². The second-order valence-corrected chi connectivity index (χ2v) is 7.91. The van der Waals surface area contributed by atoms with Gasteiger partial charge in [0.2, 0.25) is 0 Å². The lowest BCUT2D eigenvalue weighted by Crippen LogP contribution is -2.71. The van der Waals surface area contributed by atoms with Gasteiger partial charge >= 0.3 is 0 Å². The van der Waals surface area contributed by atoms with Crippen molar-refractivity contribution < 1.29 is 0 Å². The van der Waals surface area contributed by atoms with E-state index >= 15 is 0 Å². The van der Waals surface area contributed by atoms with E-state index in [4.69, 9.17) is 0 Å². The second-order valence-electron chi connectivity index (χ2n) is 7.91. The fourth-order valence-electron chi connectivity index (χ4n) is 5.83. The summed E-state index contributed by atoms with van der Waals surface area (Å²) in [6.07, 6.45) is 4.05. The molecule has 2 aliphatic carbocycles. The summed E-state index contributed by atoms with van der Waals surface area (Å²) in [4.78, 5) is 2.69. The molecule has 4 bridgehead atoms. The van der Waals surface area contributed by atoms with Gasteiger partial charge in [0.15, 0.2) is 0 Å². The molecule has 1 saturated carbocycles. The second kappa shape index (κ2) is 3.44. The molecule has 2 heterocycles. The van der Waals surface area contributed by atoms with Crippen LogP contribution >= 0.6 is 0 Å². The van der Waals surface area contributed by atoms with Crippen LogP contribution in [-0.4, -0.2) is 23.0 Å². The average molecular weight is 255 g/mol. The predicted octanol–water partition coefficient (Wildman–Crippen LogP) is 3.84. The summed E-state index contributed by atoms with van der Waals surface area (Å²) in [5.41, 5.74) is 4.04. The van der Waals surface area contributed by atoms with Crippen LogP contribution in [0.5, 0.6) is 0 Å². The Bertz CT molecular complexity index is 527. The Morgan fingerprint density at radius 2 is 1.84 bits per heavy atom. The van der Waals surface area contributed by atoms with Gasteiger partial charge in [0.1, 0.15) is 0 Å². The molecule has 1 nitrogen and oxygen atoms in total. The number of nitrogens with zero attached hydrogens (tertiary/aromatic N) is 1. The quantitative estimate of drug-likeness (QED) is 0.681. The molecule has 0 spiro atoms. The molecule has 1 aromatic carbocycles. The van der Waals surface area contributed by atoms with Crippen LogP contribution in [-0.2, 0) is 6.42 Å². The average Bonchev–Trinajstić information content (AvgIpc) is 2.35. The van der Waals surface area contributed by atoms with Crippen molar-refractivity contribution >= 4 is 0 Å². The zero-order valence-corrected chi connectivity index (χ0v) is 12.6. The maximum atomic E-state index is 2.69. The Morgan fingerprint density at radius 1 is 1.11 bits per heavy atom. The lowest BCUT2D eigenvalue weighted by molar-refractivity contribution is -0.149. The maximum absolute atomic E-state index is 2.69. The highest BCUT2D eigenvalue weighted by molar-refractivity contribution is 5.38. The Morgan fingerprint density at radius 3 is 2.58 bits per heavy atom. The molecule has 1 aromatic rings.